The number of halogens is 1. The second-order valence-electron chi connectivity index (χ2n) is 5.16. The van der Waals surface area contributed by atoms with Crippen LogP contribution in [0.5, 0.6) is 0 Å². The van der Waals surface area contributed by atoms with Crippen molar-refractivity contribution in [1.82, 2.24) is 4.90 Å². The molecule has 2 heterocycles. The number of hydrogen-bond acceptors (Lipinski definition) is 5. The average molecular weight is 366 g/mol. The summed E-state index contributed by atoms with van der Waals surface area (Å²) in [4.78, 5) is 26.7. The molecule has 1 aliphatic rings. The van der Waals surface area contributed by atoms with E-state index in [0.717, 1.165) is 5.56 Å². The number of benzene rings is 1. The highest BCUT2D eigenvalue weighted by Gasteiger charge is 2.44. The summed E-state index contributed by atoms with van der Waals surface area (Å²) in [6, 6.07) is 9.86. The fourth-order valence-corrected chi connectivity index (χ4v) is 4.37. The minimum absolute atomic E-state index is 0.184. The van der Waals surface area contributed by atoms with Crippen LogP contribution in [0.25, 0.3) is 0 Å². The van der Waals surface area contributed by atoms with Gasteiger partial charge >= 0.3 is 5.97 Å². The first kappa shape index (κ1) is 16.9. The van der Waals surface area contributed by atoms with Crippen molar-refractivity contribution in [3.63, 3.8) is 0 Å². The lowest BCUT2D eigenvalue weighted by Gasteiger charge is -2.28. The van der Waals surface area contributed by atoms with E-state index in [1.165, 1.54) is 22.9 Å². The van der Waals surface area contributed by atoms with Crippen LogP contribution in [0, 0.1) is 0 Å². The summed E-state index contributed by atoms with van der Waals surface area (Å²) in [5.41, 5.74) is 0.788. The van der Waals surface area contributed by atoms with Gasteiger partial charge in [-0.05, 0) is 25.1 Å². The summed E-state index contributed by atoms with van der Waals surface area (Å²) < 4.78 is 10.4. The van der Waals surface area contributed by atoms with E-state index in [-0.39, 0.29) is 23.6 Å². The van der Waals surface area contributed by atoms with Gasteiger partial charge in [-0.25, -0.2) is 4.79 Å². The van der Waals surface area contributed by atoms with Gasteiger partial charge in [0.05, 0.1) is 12.9 Å². The molecule has 1 amide bonds. The molecule has 7 heteroatoms. The Balaban J connectivity index is 1.98. The summed E-state index contributed by atoms with van der Waals surface area (Å²) >= 11 is 7.78. The molecule has 2 aromatic rings. The first-order valence-corrected chi connectivity index (χ1v) is 8.95. The largest absolute Gasteiger partial charge is 0.464 e. The monoisotopic (exact) mass is 365 g/mol. The normalized spacial score (nSPS) is 20.2. The van der Waals surface area contributed by atoms with Crippen LogP contribution >= 0.6 is 23.4 Å². The van der Waals surface area contributed by atoms with Crippen LogP contribution in [0.3, 0.4) is 0 Å². The van der Waals surface area contributed by atoms with E-state index in [0.29, 0.717) is 10.8 Å². The van der Waals surface area contributed by atoms with Gasteiger partial charge < -0.3 is 14.1 Å². The highest BCUT2D eigenvalue weighted by atomic mass is 35.5. The molecule has 24 heavy (non-hydrogen) atoms. The molecule has 1 aliphatic heterocycles. The number of esters is 1. The van der Waals surface area contributed by atoms with Crippen LogP contribution in [0.1, 0.15) is 28.4 Å². The number of carbonyl (C=O) groups excluding carboxylic acids is 2. The quantitative estimate of drug-likeness (QED) is 0.772. The number of carbonyl (C=O) groups is 2. The summed E-state index contributed by atoms with van der Waals surface area (Å²) in [5.74, 6) is -0.141. The lowest BCUT2D eigenvalue weighted by Crippen LogP contribution is -2.43. The van der Waals surface area contributed by atoms with E-state index in [1.807, 2.05) is 18.2 Å². The van der Waals surface area contributed by atoms with E-state index in [4.69, 9.17) is 20.8 Å². The molecule has 0 radical (unpaired) electrons. The van der Waals surface area contributed by atoms with Crippen LogP contribution in [-0.2, 0) is 9.53 Å². The van der Waals surface area contributed by atoms with Crippen molar-refractivity contribution in [3.8, 4) is 0 Å². The molecule has 0 aliphatic carbocycles. The maximum Gasteiger partial charge on any atom is 0.329 e. The van der Waals surface area contributed by atoms with Crippen LogP contribution in [0.15, 0.2) is 47.1 Å². The second kappa shape index (κ2) is 7.32. The van der Waals surface area contributed by atoms with Crippen molar-refractivity contribution in [2.45, 2.75) is 18.3 Å². The van der Waals surface area contributed by atoms with Crippen LogP contribution in [0.4, 0.5) is 0 Å². The van der Waals surface area contributed by atoms with Gasteiger partial charge in [0.2, 0.25) is 0 Å². The van der Waals surface area contributed by atoms with Gasteiger partial charge in [0.1, 0.15) is 11.4 Å². The van der Waals surface area contributed by atoms with Gasteiger partial charge in [0, 0.05) is 16.3 Å². The number of hydrogen-bond donors (Lipinski definition) is 0. The Labute approximate surface area is 148 Å². The summed E-state index contributed by atoms with van der Waals surface area (Å²) in [5, 5.41) is 0.183. The van der Waals surface area contributed by atoms with E-state index >= 15 is 0 Å². The zero-order valence-corrected chi connectivity index (χ0v) is 14.5. The molecule has 1 aromatic carbocycles. The summed E-state index contributed by atoms with van der Waals surface area (Å²) in [6.45, 7) is 2.00. The number of thioether (sulfide) groups is 1. The Morgan fingerprint density at radius 3 is 2.79 bits per heavy atom. The Bertz CT molecular complexity index is 734. The topological polar surface area (TPSA) is 59.8 Å². The Kier molecular flexibility index (Phi) is 5.16. The minimum atomic E-state index is -0.672. The fourth-order valence-electron chi connectivity index (χ4n) is 2.62. The van der Waals surface area contributed by atoms with Gasteiger partial charge in [0.15, 0.2) is 5.76 Å². The molecule has 3 rings (SSSR count). The number of amides is 1. The maximum absolute atomic E-state index is 12.9. The molecule has 0 bridgehead atoms. The highest BCUT2D eigenvalue weighted by Crippen LogP contribution is 2.44. The predicted octanol–water partition coefficient (Wildman–Crippen LogP) is 3.75. The molecule has 0 saturated carbocycles. The van der Waals surface area contributed by atoms with Crippen LogP contribution in [0.2, 0.25) is 5.02 Å². The lowest BCUT2D eigenvalue weighted by atomic mass is 10.1. The van der Waals surface area contributed by atoms with Crippen molar-refractivity contribution in [2.75, 3.05) is 12.4 Å². The van der Waals surface area contributed by atoms with E-state index in [9.17, 15) is 9.59 Å². The van der Waals surface area contributed by atoms with Gasteiger partial charge in [-0.3, -0.25) is 4.79 Å². The fraction of sp³-hybridized carbons (Fsp3) is 0.294. The maximum atomic E-state index is 12.9. The van der Waals surface area contributed by atoms with E-state index in [1.54, 1.807) is 25.1 Å². The lowest BCUT2D eigenvalue weighted by molar-refractivity contribution is -0.147. The SMILES string of the molecule is CCOC(=O)C1CSC(c2ccccc2Cl)N1C(=O)c1ccco1. The summed E-state index contributed by atoms with van der Waals surface area (Å²) in [7, 11) is 0. The second-order valence-corrected chi connectivity index (χ2v) is 6.69. The standard InChI is InChI=1S/C17H16ClNO4S/c1-2-22-17(21)13-10-24-16(11-6-3-4-7-12(11)18)19(13)15(20)14-8-5-9-23-14/h3-9,13,16H,2,10H2,1H3. The molecule has 1 fully saturated rings. The molecular formula is C17H16ClNO4S. The third-order valence-corrected chi connectivity index (χ3v) is 5.35. The zero-order valence-electron chi connectivity index (χ0n) is 13.0. The Hall–Kier alpha value is -1.92. The van der Waals surface area contributed by atoms with E-state index in [2.05, 4.69) is 0 Å². The molecule has 1 saturated heterocycles. The van der Waals surface area contributed by atoms with E-state index < -0.39 is 12.0 Å². The zero-order chi connectivity index (χ0) is 17.1. The third-order valence-electron chi connectivity index (χ3n) is 3.70. The van der Waals surface area contributed by atoms with Gasteiger partial charge in [-0.2, -0.15) is 0 Å². The van der Waals surface area contributed by atoms with Gasteiger partial charge in [-0.15, -0.1) is 11.8 Å². The third kappa shape index (κ3) is 3.16. The molecule has 1 aromatic heterocycles. The molecule has 5 nitrogen and oxygen atoms in total. The van der Waals surface area contributed by atoms with Crippen molar-refractivity contribution >= 4 is 35.2 Å². The first-order valence-electron chi connectivity index (χ1n) is 7.52. The molecule has 2 unspecified atom stereocenters. The van der Waals surface area contributed by atoms with Gasteiger partial charge in [-0.1, -0.05) is 29.8 Å². The number of rotatable bonds is 4. The molecule has 126 valence electrons. The number of furan rings is 1. The Morgan fingerprint density at radius 1 is 1.33 bits per heavy atom. The minimum Gasteiger partial charge on any atom is -0.464 e. The molecular weight excluding hydrogens is 350 g/mol. The van der Waals surface area contributed by atoms with Crippen molar-refractivity contribution < 1.29 is 18.7 Å². The van der Waals surface area contributed by atoms with Crippen molar-refractivity contribution in [3.05, 3.63) is 59.0 Å². The molecule has 0 N–H and O–H groups in total. The predicted molar refractivity (Wildman–Crippen MR) is 91.9 cm³/mol. The number of nitrogens with zero attached hydrogens (tertiary/aromatic N) is 1. The van der Waals surface area contributed by atoms with Crippen LogP contribution in [-0.4, -0.2) is 35.2 Å². The summed E-state index contributed by atoms with van der Waals surface area (Å²) in [6.07, 6.45) is 1.43. The molecule has 2 atom stereocenters. The van der Waals surface area contributed by atoms with Gasteiger partial charge in [0.25, 0.3) is 5.91 Å². The highest BCUT2D eigenvalue weighted by molar-refractivity contribution is 7.99. The average Bonchev–Trinajstić information content (AvgIpc) is 3.25. The number of ether oxygens (including phenoxy) is 1. The van der Waals surface area contributed by atoms with Crippen LogP contribution < -0.4 is 0 Å². The van der Waals surface area contributed by atoms with Crippen molar-refractivity contribution in [1.29, 1.82) is 0 Å². The Morgan fingerprint density at radius 2 is 2.12 bits per heavy atom. The first-order chi connectivity index (χ1) is 11.6. The smallest absolute Gasteiger partial charge is 0.329 e. The van der Waals surface area contributed by atoms with Crippen molar-refractivity contribution in [2.24, 2.45) is 0 Å². The molecule has 0 spiro atoms.